The van der Waals surface area contributed by atoms with Gasteiger partial charge in [-0.3, -0.25) is 4.98 Å². The average Bonchev–Trinajstić information content (AvgIpc) is 2.28. The van der Waals surface area contributed by atoms with Crippen LogP contribution in [0.2, 0.25) is 0 Å². The average molecular weight is 222 g/mol. The summed E-state index contributed by atoms with van der Waals surface area (Å²) in [7, 11) is 2.07. The predicted molar refractivity (Wildman–Crippen MR) is 67.6 cm³/mol. The molecule has 3 nitrogen and oxygen atoms in total. The maximum absolute atomic E-state index is 9.38. The molecule has 0 fully saturated rings. The summed E-state index contributed by atoms with van der Waals surface area (Å²) in [6.45, 7) is 8.31. The summed E-state index contributed by atoms with van der Waals surface area (Å²) in [5, 5.41) is 9.38. The van der Waals surface area contributed by atoms with Crippen LogP contribution in [0, 0.1) is 0 Å². The van der Waals surface area contributed by atoms with E-state index in [0.717, 1.165) is 12.1 Å². The second kappa shape index (κ2) is 4.83. The molecule has 0 spiro atoms. The van der Waals surface area contributed by atoms with Crippen LogP contribution < -0.4 is 4.90 Å². The van der Waals surface area contributed by atoms with E-state index in [0.29, 0.717) is 5.69 Å². The predicted octanol–water partition coefficient (Wildman–Crippen LogP) is 2.76. The van der Waals surface area contributed by atoms with Gasteiger partial charge in [-0.05, 0) is 39.3 Å². The molecule has 0 amide bonds. The first-order valence-electron chi connectivity index (χ1n) is 5.76. The van der Waals surface area contributed by atoms with Crippen molar-refractivity contribution in [3.8, 4) is 0 Å². The lowest BCUT2D eigenvalue weighted by atomic mass is 9.99. The Morgan fingerprint density at radius 2 is 2.06 bits per heavy atom. The summed E-state index contributed by atoms with van der Waals surface area (Å²) in [6, 6.07) is 3.88. The molecular formula is C13H22N2O. The van der Waals surface area contributed by atoms with Crippen LogP contribution in [0.25, 0.3) is 0 Å². The van der Waals surface area contributed by atoms with Gasteiger partial charge in [-0.15, -0.1) is 0 Å². The van der Waals surface area contributed by atoms with Crippen molar-refractivity contribution in [1.29, 1.82) is 0 Å². The number of hydrogen-bond donors (Lipinski definition) is 1. The highest BCUT2D eigenvalue weighted by Crippen LogP contribution is 2.24. The fourth-order valence-electron chi connectivity index (χ4n) is 1.43. The molecular weight excluding hydrogens is 200 g/mol. The SMILES string of the molecule is CCC(C)(C)N(C)c1ccc([C@H](C)O)nc1. The van der Waals surface area contributed by atoms with Crippen molar-refractivity contribution in [3.63, 3.8) is 0 Å². The van der Waals surface area contributed by atoms with E-state index in [4.69, 9.17) is 0 Å². The zero-order chi connectivity index (χ0) is 12.3. The normalized spacial score (nSPS) is 13.6. The molecule has 0 aliphatic heterocycles. The van der Waals surface area contributed by atoms with Crippen molar-refractivity contribution in [3.05, 3.63) is 24.0 Å². The number of aromatic nitrogens is 1. The van der Waals surface area contributed by atoms with Gasteiger partial charge in [-0.25, -0.2) is 0 Å². The van der Waals surface area contributed by atoms with Crippen LogP contribution in [0.5, 0.6) is 0 Å². The van der Waals surface area contributed by atoms with Crippen molar-refractivity contribution < 1.29 is 5.11 Å². The first kappa shape index (κ1) is 13.0. The molecule has 3 heteroatoms. The number of hydrogen-bond acceptors (Lipinski definition) is 3. The standard InChI is InChI=1S/C13H22N2O/c1-6-13(3,4)15(5)11-7-8-12(10(2)16)14-9-11/h7-10,16H,6H2,1-5H3/t10-/m0/s1. The largest absolute Gasteiger partial charge is 0.387 e. The van der Waals surface area contributed by atoms with Crippen LogP contribution in [-0.4, -0.2) is 22.7 Å². The maximum Gasteiger partial charge on any atom is 0.0931 e. The summed E-state index contributed by atoms with van der Waals surface area (Å²) in [6.07, 6.45) is 2.39. The van der Waals surface area contributed by atoms with E-state index in [9.17, 15) is 5.11 Å². The second-order valence-electron chi connectivity index (χ2n) is 4.84. The molecule has 1 atom stereocenters. The molecule has 1 aromatic rings. The molecule has 0 bridgehead atoms. The fraction of sp³-hybridized carbons (Fsp3) is 0.615. The lowest BCUT2D eigenvalue weighted by molar-refractivity contribution is 0.194. The molecule has 0 unspecified atom stereocenters. The molecule has 16 heavy (non-hydrogen) atoms. The number of anilines is 1. The van der Waals surface area contributed by atoms with Gasteiger partial charge in [0.05, 0.1) is 23.7 Å². The summed E-state index contributed by atoms with van der Waals surface area (Å²) >= 11 is 0. The highest BCUT2D eigenvalue weighted by molar-refractivity contribution is 5.46. The third-order valence-corrected chi connectivity index (χ3v) is 3.36. The maximum atomic E-state index is 9.38. The van der Waals surface area contributed by atoms with E-state index in [-0.39, 0.29) is 5.54 Å². The van der Waals surface area contributed by atoms with Crippen molar-refractivity contribution >= 4 is 5.69 Å². The molecule has 0 saturated carbocycles. The Hall–Kier alpha value is -1.09. The first-order chi connectivity index (χ1) is 7.38. The second-order valence-corrected chi connectivity index (χ2v) is 4.84. The molecule has 1 aromatic heterocycles. The van der Waals surface area contributed by atoms with E-state index in [1.54, 1.807) is 6.92 Å². The third-order valence-electron chi connectivity index (χ3n) is 3.36. The topological polar surface area (TPSA) is 36.4 Å². The van der Waals surface area contributed by atoms with Crippen LogP contribution >= 0.6 is 0 Å². The van der Waals surface area contributed by atoms with Crippen molar-refractivity contribution in [2.75, 3.05) is 11.9 Å². The smallest absolute Gasteiger partial charge is 0.0931 e. The highest BCUT2D eigenvalue weighted by atomic mass is 16.3. The summed E-state index contributed by atoms with van der Waals surface area (Å²) in [5.41, 5.74) is 1.91. The fourth-order valence-corrected chi connectivity index (χ4v) is 1.43. The summed E-state index contributed by atoms with van der Waals surface area (Å²) in [5.74, 6) is 0. The lowest BCUT2D eigenvalue weighted by Gasteiger charge is -2.36. The third kappa shape index (κ3) is 2.73. The van der Waals surface area contributed by atoms with Gasteiger partial charge < -0.3 is 10.0 Å². The molecule has 0 saturated heterocycles. The van der Waals surface area contributed by atoms with Gasteiger partial charge in [0.1, 0.15) is 0 Å². The highest BCUT2D eigenvalue weighted by Gasteiger charge is 2.21. The molecule has 1 heterocycles. The van der Waals surface area contributed by atoms with Gasteiger partial charge in [-0.2, -0.15) is 0 Å². The van der Waals surface area contributed by atoms with Gasteiger partial charge in [-0.1, -0.05) is 6.92 Å². The van der Waals surface area contributed by atoms with Crippen LogP contribution in [0.3, 0.4) is 0 Å². The van der Waals surface area contributed by atoms with Crippen molar-refractivity contribution in [1.82, 2.24) is 4.98 Å². The van der Waals surface area contributed by atoms with Gasteiger partial charge in [0.25, 0.3) is 0 Å². The minimum Gasteiger partial charge on any atom is -0.387 e. The molecule has 0 aromatic carbocycles. The van der Waals surface area contributed by atoms with E-state index in [2.05, 4.69) is 37.7 Å². The zero-order valence-corrected chi connectivity index (χ0v) is 10.9. The minimum atomic E-state index is -0.501. The first-order valence-corrected chi connectivity index (χ1v) is 5.76. The van der Waals surface area contributed by atoms with Crippen LogP contribution in [0.4, 0.5) is 5.69 Å². The summed E-state index contributed by atoms with van der Waals surface area (Å²) in [4.78, 5) is 6.47. The molecule has 0 aliphatic carbocycles. The number of aliphatic hydroxyl groups excluding tert-OH is 1. The van der Waals surface area contributed by atoms with Crippen molar-refractivity contribution in [2.45, 2.75) is 45.8 Å². The van der Waals surface area contributed by atoms with E-state index in [1.807, 2.05) is 18.3 Å². The lowest BCUT2D eigenvalue weighted by Crippen LogP contribution is -2.40. The molecule has 1 rings (SSSR count). The Kier molecular flexibility index (Phi) is 3.92. The van der Waals surface area contributed by atoms with Gasteiger partial charge in [0.15, 0.2) is 0 Å². The quantitative estimate of drug-likeness (QED) is 0.851. The number of nitrogens with zero attached hydrogens (tertiary/aromatic N) is 2. The Labute approximate surface area is 98.1 Å². The molecule has 0 radical (unpaired) electrons. The van der Waals surface area contributed by atoms with Crippen LogP contribution in [0.1, 0.15) is 45.9 Å². The Balaban J connectivity index is 2.90. The van der Waals surface area contributed by atoms with Gasteiger partial charge in [0, 0.05) is 12.6 Å². The van der Waals surface area contributed by atoms with Crippen molar-refractivity contribution in [2.24, 2.45) is 0 Å². The van der Waals surface area contributed by atoms with E-state index >= 15 is 0 Å². The van der Waals surface area contributed by atoms with E-state index in [1.165, 1.54) is 0 Å². The summed E-state index contributed by atoms with van der Waals surface area (Å²) < 4.78 is 0. The number of aliphatic hydroxyl groups is 1. The molecule has 90 valence electrons. The zero-order valence-electron chi connectivity index (χ0n) is 10.9. The monoisotopic (exact) mass is 222 g/mol. The van der Waals surface area contributed by atoms with Gasteiger partial charge >= 0.3 is 0 Å². The number of rotatable bonds is 4. The van der Waals surface area contributed by atoms with Crippen LogP contribution in [-0.2, 0) is 0 Å². The van der Waals surface area contributed by atoms with Gasteiger partial charge in [0.2, 0.25) is 0 Å². The minimum absolute atomic E-state index is 0.119. The van der Waals surface area contributed by atoms with Crippen LogP contribution in [0.15, 0.2) is 18.3 Å². The molecule has 1 N–H and O–H groups in total. The Morgan fingerprint density at radius 3 is 2.44 bits per heavy atom. The number of pyridine rings is 1. The Bertz CT molecular complexity index is 330. The van der Waals surface area contributed by atoms with E-state index < -0.39 is 6.10 Å². The molecule has 0 aliphatic rings. The Morgan fingerprint density at radius 1 is 1.44 bits per heavy atom.